The highest BCUT2D eigenvalue weighted by atomic mass is 16.4. The van der Waals surface area contributed by atoms with Gasteiger partial charge in [0.15, 0.2) is 0 Å². The molecule has 0 atom stereocenters. The summed E-state index contributed by atoms with van der Waals surface area (Å²) in [7, 11) is 0. The summed E-state index contributed by atoms with van der Waals surface area (Å²) >= 11 is 0. The number of fused-ring (bicyclic) bond motifs is 1. The minimum atomic E-state index is -0.788. The van der Waals surface area contributed by atoms with E-state index in [0.29, 0.717) is 6.42 Å². The zero-order chi connectivity index (χ0) is 13.3. The molecule has 0 aromatic carbocycles. The lowest BCUT2D eigenvalue weighted by Crippen LogP contribution is -2.15. The third kappa shape index (κ3) is 2.37. The maximum absolute atomic E-state index is 10.7. The minimum absolute atomic E-state index is 0.0637. The van der Waals surface area contributed by atoms with Gasteiger partial charge in [0, 0.05) is 18.0 Å². The number of rotatable bonds is 3. The number of hydrogen-bond donors (Lipinski definition) is 1. The molecule has 0 bridgehead atoms. The molecule has 2 heterocycles. The summed E-state index contributed by atoms with van der Waals surface area (Å²) in [4.78, 5) is 15.3. The number of aryl methyl sites for hydroxylation is 1. The van der Waals surface area contributed by atoms with Crippen molar-refractivity contribution in [1.29, 1.82) is 0 Å². The maximum atomic E-state index is 10.7. The third-order valence-electron chi connectivity index (χ3n) is 2.87. The minimum Gasteiger partial charge on any atom is -0.481 e. The van der Waals surface area contributed by atoms with Gasteiger partial charge >= 0.3 is 5.97 Å². The molecular weight excluding hydrogens is 228 g/mol. The second kappa shape index (κ2) is 4.44. The number of nitrogens with zero attached hydrogens (tertiary/aromatic N) is 2. The van der Waals surface area contributed by atoms with Gasteiger partial charge in [0.1, 0.15) is 5.82 Å². The fourth-order valence-corrected chi connectivity index (χ4v) is 2.04. The molecule has 0 fully saturated rings. The van der Waals surface area contributed by atoms with Gasteiger partial charge in [0.05, 0.1) is 17.6 Å². The molecule has 2 aromatic heterocycles. The summed E-state index contributed by atoms with van der Waals surface area (Å²) in [5.41, 5.74) is 1.80. The highest BCUT2D eigenvalue weighted by Crippen LogP contribution is 2.25. The van der Waals surface area contributed by atoms with Gasteiger partial charge in [-0.25, -0.2) is 4.98 Å². The maximum Gasteiger partial charge on any atom is 0.303 e. The van der Waals surface area contributed by atoms with Crippen molar-refractivity contribution in [2.45, 2.75) is 39.0 Å². The van der Waals surface area contributed by atoms with Crippen LogP contribution in [0.4, 0.5) is 0 Å². The Labute approximate surface area is 106 Å². The van der Waals surface area contributed by atoms with Crippen molar-refractivity contribution in [3.63, 3.8) is 0 Å². The predicted molar refractivity (Wildman–Crippen MR) is 69.8 cm³/mol. The number of pyridine rings is 1. The van der Waals surface area contributed by atoms with Gasteiger partial charge in [-0.3, -0.25) is 4.79 Å². The highest BCUT2D eigenvalue weighted by molar-refractivity contribution is 5.68. The van der Waals surface area contributed by atoms with Crippen molar-refractivity contribution in [2.75, 3.05) is 0 Å². The Morgan fingerprint density at radius 3 is 2.72 bits per heavy atom. The Bertz CT molecular complexity index is 579. The Morgan fingerprint density at radius 1 is 1.39 bits per heavy atom. The van der Waals surface area contributed by atoms with E-state index in [1.54, 1.807) is 0 Å². The van der Waals surface area contributed by atoms with Crippen molar-refractivity contribution in [2.24, 2.45) is 0 Å². The van der Waals surface area contributed by atoms with E-state index in [4.69, 9.17) is 5.11 Å². The van der Waals surface area contributed by atoms with E-state index in [-0.39, 0.29) is 11.8 Å². The second-order valence-electron chi connectivity index (χ2n) is 5.48. The van der Waals surface area contributed by atoms with Crippen molar-refractivity contribution in [3.8, 4) is 0 Å². The first-order chi connectivity index (χ1) is 8.39. The number of aliphatic carboxylic acids is 1. The normalized spacial score (nSPS) is 11.9. The summed E-state index contributed by atoms with van der Waals surface area (Å²) in [5.74, 6) is 0.183. The van der Waals surface area contributed by atoms with Gasteiger partial charge in [-0.05, 0) is 12.1 Å². The van der Waals surface area contributed by atoms with Crippen LogP contribution in [0.1, 0.15) is 38.7 Å². The zero-order valence-electron chi connectivity index (χ0n) is 11.0. The van der Waals surface area contributed by atoms with Crippen LogP contribution in [0.2, 0.25) is 0 Å². The molecule has 0 saturated carbocycles. The smallest absolute Gasteiger partial charge is 0.303 e. The standard InChI is InChI=1S/C14H18N2O2/c1-14(2,3)13-15-10(7-8-12(17)18)11-6-4-5-9-16(11)13/h4-6,9H,7-8H2,1-3H3,(H,17,18). The van der Waals surface area contributed by atoms with E-state index >= 15 is 0 Å². The quantitative estimate of drug-likeness (QED) is 0.905. The van der Waals surface area contributed by atoms with Gasteiger partial charge in [0.25, 0.3) is 0 Å². The Balaban J connectivity index is 2.51. The van der Waals surface area contributed by atoms with Gasteiger partial charge in [-0.1, -0.05) is 26.8 Å². The lowest BCUT2D eigenvalue weighted by molar-refractivity contribution is -0.136. The average molecular weight is 246 g/mol. The summed E-state index contributed by atoms with van der Waals surface area (Å²) in [6.07, 6.45) is 2.57. The van der Waals surface area contributed by atoms with Gasteiger partial charge in [0.2, 0.25) is 0 Å². The largest absolute Gasteiger partial charge is 0.481 e. The van der Waals surface area contributed by atoms with Gasteiger partial charge in [-0.15, -0.1) is 0 Å². The van der Waals surface area contributed by atoms with Crippen molar-refractivity contribution < 1.29 is 9.90 Å². The van der Waals surface area contributed by atoms with Gasteiger partial charge < -0.3 is 9.51 Å². The molecule has 96 valence electrons. The number of carboxylic acids is 1. The average Bonchev–Trinajstić information content (AvgIpc) is 2.65. The number of carboxylic acid groups (broad SMARTS) is 1. The third-order valence-corrected chi connectivity index (χ3v) is 2.87. The van der Waals surface area contributed by atoms with E-state index in [2.05, 4.69) is 30.2 Å². The fraction of sp³-hybridized carbons (Fsp3) is 0.429. The molecule has 4 nitrogen and oxygen atoms in total. The van der Waals surface area contributed by atoms with Crippen molar-refractivity contribution in [1.82, 2.24) is 9.38 Å². The van der Waals surface area contributed by atoms with Crippen LogP contribution in [0.15, 0.2) is 24.4 Å². The number of aromatic nitrogens is 2. The predicted octanol–water partition coefficient (Wildman–Crippen LogP) is 2.65. The van der Waals surface area contributed by atoms with Crippen LogP contribution >= 0.6 is 0 Å². The molecule has 1 N–H and O–H groups in total. The highest BCUT2D eigenvalue weighted by Gasteiger charge is 2.22. The van der Waals surface area contributed by atoms with Gasteiger partial charge in [-0.2, -0.15) is 0 Å². The van der Waals surface area contributed by atoms with Crippen LogP contribution in [0.25, 0.3) is 5.52 Å². The van der Waals surface area contributed by atoms with E-state index in [0.717, 1.165) is 17.0 Å². The fourth-order valence-electron chi connectivity index (χ4n) is 2.04. The molecule has 2 aromatic rings. The lowest BCUT2D eigenvalue weighted by atomic mass is 9.96. The molecule has 0 aliphatic heterocycles. The molecule has 0 aliphatic carbocycles. The molecule has 2 rings (SSSR count). The number of carbonyl (C=O) groups is 1. The monoisotopic (exact) mass is 246 g/mol. The molecule has 0 saturated heterocycles. The van der Waals surface area contributed by atoms with Crippen LogP contribution < -0.4 is 0 Å². The number of imidazole rings is 1. The Kier molecular flexibility index (Phi) is 3.11. The lowest BCUT2D eigenvalue weighted by Gasteiger charge is -2.16. The molecule has 0 aliphatic rings. The van der Waals surface area contributed by atoms with E-state index < -0.39 is 5.97 Å². The zero-order valence-corrected chi connectivity index (χ0v) is 11.0. The van der Waals surface area contributed by atoms with E-state index in [9.17, 15) is 4.79 Å². The van der Waals surface area contributed by atoms with Crippen LogP contribution in [0.5, 0.6) is 0 Å². The van der Waals surface area contributed by atoms with Crippen molar-refractivity contribution >= 4 is 11.5 Å². The van der Waals surface area contributed by atoms with Crippen LogP contribution in [0.3, 0.4) is 0 Å². The van der Waals surface area contributed by atoms with Crippen LogP contribution in [0, 0.1) is 0 Å². The summed E-state index contributed by atoms with van der Waals surface area (Å²) < 4.78 is 2.05. The van der Waals surface area contributed by atoms with Crippen LogP contribution in [-0.2, 0) is 16.6 Å². The first-order valence-electron chi connectivity index (χ1n) is 6.08. The number of hydrogen-bond acceptors (Lipinski definition) is 2. The molecule has 0 unspecified atom stereocenters. The summed E-state index contributed by atoms with van der Waals surface area (Å²) in [6, 6.07) is 5.90. The van der Waals surface area contributed by atoms with Crippen LogP contribution in [-0.4, -0.2) is 20.5 Å². The Morgan fingerprint density at radius 2 is 2.11 bits per heavy atom. The molecular formula is C14H18N2O2. The second-order valence-corrected chi connectivity index (χ2v) is 5.48. The topological polar surface area (TPSA) is 54.6 Å². The Hall–Kier alpha value is -1.84. The van der Waals surface area contributed by atoms with E-state index in [1.807, 2.05) is 24.4 Å². The molecule has 0 amide bonds. The SMILES string of the molecule is CC(C)(C)c1nc(CCC(=O)O)c2ccccn12. The molecule has 0 spiro atoms. The molecule has 4 heteroatoms. The molecule has 0 radical (unpaired) electrons. The van der Waals surface area contributed by atoms with Crippen molar-refractivity contribution in [3.05, 3.63) is 35.9 Å². The van der Waals surface area contributed by atoms with E-state index in [1.165, 1.54) is 0 Å². The summed E-state index contributed by atoms with van der Waals surface area (Å²) in [6.45, 7) is 6.32. The first-order valence-corrected chi connectivity index (χ1v) is 6.08. The first kappa shape index (κ1) is 12.6. The molecule has 18 heavy (non-hydrogen) atoms. The summed E-state index contributed by atoms with van der Waals surface area (Å²) in [5, 5.41) is 8.78.